The summed E-state index contributed by atoms with van der Waals surface area (Å²) in [7, 11) is 1.82. The minimum absolute atomic E-state index is 0.0702. The van der Waals surface area contributed by atoms with Crippen LogP contribution in [0.5, 0.6) is 0 Å². The minimum atomic E-state index is 0.0702. The Balaban J connectivity index is 1.46. The van der Waals surface area contributed by atoms with Gasteiger partial charge in [0.25, 0.3) is 11.8 Å². The van der Waals surface area contributed by atoms with Gasteiger partial charge < -0.3 is 14.7 Å². The largest absolute Gasteiger partial charge is 0.337 e. The van der Waals surface area contributed by atoms with Gasteiger partial charge in [0.1, 0.15) is 0 Å². The molecule has 1 saturated heterocycles. The highest BCUT2D eigenvalue weighted by Crippen LogP contribution is 2.11. The Kier molecular flexibility index (Phi) is 6.48. The minimum Gasteiger partial charge on any atom is -0.337 e. The van der Waals surface area contributed by atoms with E-state index in [9.17, 15) is 9.59 Å². The number of hydrogen-bond donors (Lipinski definition) is 1. The average Bonchev–Trinajstić information content (AvgIpc) is 2.70. The molecule has 1 aliphatic rings. The molecular weight excluding hydrogens is 362 g/mol. The third-order valence-corrected chi connectivity index (χ3v) is 5.19. The summed E-state index contributed by atoms with van der Waals surface area (Å²) in [6.07, 6.45) is 0. The van der Waals surface area contributed by atoms with Crippen molar-refractivity contribution < 1.29 is 14.5 Å². The molecule has 0 saturated carbocycles. The van der Waals surface area contributed by atoms with Crippen molar-refractivity contribution in [1.82, 2.24) is 9.80 Å². The van der Waals surface area contributed by atoms with Crippen molar-refractivity contribution in [3.8, 4) is 0 Å². The first-order chi connectivity index (χ1) is 13.0. The molecule has 2 aromatic rings. The Morgan fingerprint density at radius 3 is 2.30 bits per heavy atom. The van der Waals surface area contributed by atoms with Gasteiger partial charge in [-0.2, -0.15) is 0 Å². The van der Waals surface area contributed by atoms with Crippen molar-refractivity contribution in [2.45, 2.75) is 6.54 Å². The van der Waals surface area contributed by atoms with Gasteiger partial charge in [0, 0.05) is 24.2 Å². The number of nitrogens with one attached hydrogen (secondary N) is 1. The molecule has 0 unspecified atom stereocenters. The number of benzene rings is 2. The van der Waals surface area contributed by atoms with Crippen LogP contribution in [0.15, 0.2) is 54.6 Å². The average molecular weight is 387 g/mol. The summed E-state index contributed by atoms with van der Waals surface area (Å²) < 4.78 is 0. The maximum absolute atomic E-state index is 12.5. The first kappa shape index (κ1) is 19.4. The van der Waals surface area contributed by atoms with E-state index in [1.165, 1.54) is 4.90 Å². The van der Waals surface area contributed by atoms with Crippen LogP contribution in [-0.2, 0) is 11.3 Å². The zero-order valence-electron chi connectivity index (χ0n) is 15.5. The van der Waals surface area contributed by atoms with E-state index in [4.69, 9.17) is 11.6 Å². The lowest BCUT2D eigenvalue weighted by molar-refractivity contribution is -0.896. The summed E-state index contributed by atoms with van der Waals surface area (Å²) in [5.41, 5.74) is 1.78. The van der Waals surface area contributed by atoms with Gasteiger partial charge in [-0.15, -0.1) is 0 Å². The van der Waals surface area contributed by atoms with Gasteiger partial charge >= 0.3 is 0 Å². The van der Waals surface area contributed by atoms with Gasteiger partial charge in [-0.3, -0.25) is 9.59 Å². The Hall–Kier alpha value is -2.37. The maximum Gasteiger partial charge on any atom is 0.277 e. The number of quaternary nitrogens is 1. The molecular formula is C21H25ClN3O2+. The van der Waals surface area contributed by atoms with E-state index >= 15 is 0 Å². The molecule has 0 radical (unpaired) electrons. The predicted octanol–water partition coefficient (Wildman–Crippen LogP) is 1.34. The molecule has 0 spiro atoms. The Bertz CT molecular complexity index is 772. The lowest BCUT2D eigenvalue weighted by Gasteiger charge is -2.32. The van der Waals surface area contributed by atoms with E-state index in [-0.39, 0.29) is 11.8 Å². The fourth-order valence-corrected chi connectivity index (χ4v) is 3.39. The predicted molar refractivity (Wildman–Crippen MR) is 106 cm³/mol. The number of carbonyl (C=O) groups excluding carboxylic acids is 2. The second kappa shape index (κ2) is 9.02. The van der Waals surface area contributed by atoms with Gasteiger partial charge in [0.05, 0.1) is 26.2 Å². The quantitative estimate of drug-likeness (QED) is 0.842. The molecule has 0 atom stereocenters. The van der Waals surface area contributed by atoms with Crippen molar-refractivity contribution in [3.63, 3.8) is 0 Å². The molecule has 6 heteroatoms. The number of likely N-dealkylation sites (N-methyl/N-ethyl adjacent to an activating group) is 1. The summed E-state index contributed by atoms with van der Waals surface area (Å²) in [6.45, 7) is 3.96. The normalized spacial score (nSPS) is 14.8. The molecule has 2 aromatic carbocycles. The molecule has 27 heavy (non-hydrogen) atoms. The monoisotopic (exact) mass is 386 g/mol. The standard InChI is InChI=1S/C21H24ClN3O2/c1-23(15-17-7-9-19(22)10-8-17)20(26)16-24-11-13-25(14-12-24)21(27)18-5-3-2-4-6-18/h2-10H,11-16H2,1H3/p+1. The topological polar surface area (TPSA) is 45.1 Å². The van der Waals surface area contributed by atoms with Gasteiger partial charge in [-0.25, -0.2) is 0 Å². The van der Waals surface area contributed by atoms with Gasteiger partial charge in [0.2, 0.25) is 0 Å². The number of halogens is 1. The third-order valence-electron chi connectivity index (χ3n) is 4.94. The molecule has 3 rings (SSSR count). The molecule has 1 fully saturated rings. The van der Waals surface area contributed by atoms with Crippen LogP contribution in [-0.4, -0.2) is 61.4 Å². The summed E-state index contributed by atoms with van der Waals surface area (Å²) in [4.78, 5) is 29.9. The lowest BCUT2D eigenvalue weighted by atomic mass is 10.2. The molecule has 0 bridgehead atoms. The van der Waals surface area contributed by atoms with Crippen LogP contribution in [0, 0.1) is 0 Å². The molecule has 1 aliphatic heterocycles. The highest BCUT2D eigenvalue weighted by molar-refractivity contribution is 6.30. The van der Waals surface area contributed by atoms with E-state index in [1.807, 2.05) is 66.5 Å². The van der Waals surface area contributed by atoms with Crippen LogP contribution in [0.2, 0.25) is 5.02 Å². The first-order valence-electron chi connectivity index (χ1n) is 9.19. The number of nitrogens with zero attached hydrogens (tertiary/aromatic N) is 2. The molecule has 5 nitrogen and oxygen atoms in total. The number of hydrogen-bond acceptors (Lipinski definition) is 2. The zero-order chi connectivity index (χ0) is 19.2. The smallest absolute Gasteiger partial charge is 0.277 e. The molecule has 0 aromatic heterocycles. The second-order valence-corrected chi connectivity index (χ2v) is 7.40. The summed E-state index contributed by atoms with van der Waals surface area (Å²) >= 11 is 5.90. The molecule has 142 valence electrons. The van der Waals surface area contributed by atoms with Crippen molar-refractivity contribution in [2.24, 2.45) is 0 Å². The van der Waals surface area contributed by atoms with Gasteiger partial charge in [0.15, 0.2) is 6.54 Å². The van der Waals surface area contributed by atoms with Crippen LogP contribution in [0.25, 0.3) is 0 Å². The van der Waals surface area contributed by atoms with Gasteiger partial charge in [-0.1, -0.05) is 41.9 Å². The lowest BCUT2D eigenvalue weighted by Crippen LogP contribution is -3.15. The highest BCUT2D eigenvalue weighted by Gasteiger charge is 2.26. The Labute approximate surface area is 165 Å². The summed E-state index contributed by atoms with van der Waals surface area (Å²) in [5, 5.41) is 0.695. The van der Waals surface area contributed by atoms with Crippen LogP contribution in [0.4, 0.5) is 0 Å². The fraction of sp³-hybridized carbons (Fsp3) is 0.333. The Morgan fingerprint density at radius 2 is 1.67 bits per heavy atom. The maximum atomic E-state index is 12.5. The van der Waals surface area contributed by atoms with Crippen LogP contribution < -0.4 is 4.90 Å². The van der Waals surface area contributed by atoms with Gasteiger partial charge in [-0.05, 0) is 29.8 Å². The van der Waals surface area contributed by atoms with Crippen LogP contribution >= 0.6 is 11.6 Å². The summed E-state index contributed by atoms with van der Waals surface area (Å²) in [6, 6.07) is 16.9. The first-order valence-corrected chi connectivity index (χ1v) is 9.57. The molecule has 0 aliphatic carbocycles. The second-order valence-electron chi connectivity index (χ2n) is 6.96. The summed E-state index contributed by atoms with van der Waals surface area (Å²) in [5.74, 6) is 0.184. The zero-order valence-corrected chi connectivity index (χ0v) is 16.3. The van der Waals surface area contributed by atoms with Crippen molar-refractivity contribution in [1.29, 1.82) is 0 Å². The van der Waals surface area contributed by atoms with E-state index in [1.54, 1.807) is 4.90 Å². The van der Waals surface area contributed by atoms with Crippen LogP contribution in [0.3, 0.4) is 0 Å². The van der Waals surface area contributed by atoms with E-state index in [0.29, 0.717) is 31.2 Å². The molecule has 1 N–H and O–H groups in total. The number of rotatable bonds is 5. The third kappa shape index (κ3) is 5.31. The van der Waals surface area contributed by atoms with Crippen molar-refractivity contribution in [2.75, 3.05) is 39.8 Å². The molecule has 1 heterocycles. The number of amides is 2. The van der Waals surface area contributed by atoms with E-state index < -0.39 is 0 Å². The number of piperazine rings is 1. The van der Waals surface area contributed by atoms with Crippen LogP contribution in [0.1, 0.15) is 15.9 Å². The SMILES string of the molecule is CN(Cc1ccc(Cl)cc1)C(=O)C[NH+]1CCN(C(=O)c2ccccc2)CC1. The Morgan fingerprint density at radius 1 is 1.04 bits per heavy atom. The highest BCUT2D eigenvalue weighted by atomic mass is 35.5. The number of carbonyl (C=O) groups is 2. The van der Waals surface area contributed by atoms with Crippen molar-refractivity contribution >= 4 is 23.4 Å². The molecule has 2 amide bonds. The van der Waals surface area contributed by atoms with Crippen molar-refractivity contribution in [3.05, 3.63) is 70.7 Å². The fourth-order valence-electron chi connectivity index (χ4n) is 3.27. The van der Waals surface area contributed by atoms with E-state index in [0.717, 1.165) is 24.2 Å². The van der Waals surface area contributed by atoms with E-state index in [2.05, 4.69) is 0 Å².